The van der Waals surface area contributed by atoms with E-state index in [-0.39, 0.29) is 0 Å². The highest BCUT2D eigenvalue weighted by Gasteiger charge is 2.21. The van der Waals surface area contributed by atoms with Crippen LogP contribution >= 0.6 is 0 Å². The number of methoxy groups -OCH3 is 1. The van der Waals surface area contributed by atoms with Gasteiger partial charge in [0.25, 0.3) is 0 Å². The van der Waals surface area contributed by atoms with Gasteiger partial charge in [-0.15, -0.1) is 0 Å². The molecule has 0 unspecified atom stereocenters. The Kier molecular flexibility index (Phi) is 4.63. The maximum absolute atomic E-state index is 5.10. The molecule has 5 nitrogen and oxygen atoms in total. The van der Waals surface area contributed by atoms with Crippen LogP contribution in [0.5, 0.6) is 0 Å². The van der Waals surface area contributed by atoms with Gasteiger partial charge in [-0.05, 0) is 43.4 Å². The predicted molar refractivity (Wildman–Crippen MR) is 85.9 cm³/mol. The molecule has 1 aliphatic heterocycles. The molecule has 3 heterocycles. The van der Waals surface area contributed by atoms with Crippen molar-refractivity contribution in [3.05, 3.63) is 47.7 Å². The van der Waals surface area contributed by atoms with E-state index in [1.807, 2.05) is 25.4 Å². The SMILES string of the molecule is COCc1nccc(N2CCC(c3ccc(C)nc3)CC2)n1. The van der Waals surface area contributed by atoms with Gasteiger partial charge in [-0.3, -0.25) is 4.98 Å². The van der Waals surface area contributed by atoms with Crippen molar-refractivity contribution < 1.29 is 4.74 Å². The van der Waals surface area contributed by atoms with Gasteiger partial charge in [0, 0.05) is 38.3 Å². The van der Waals surface area contributed by atoms with Gasteiger partial charge in [-0.1, -0.05) is 6.07 Å². The number of aryl methyl sites for hydroxylation is 1. The topological polar surface area (TPSA) is 51.1 Å². The van der Waals surface area contributed by atoms with E-state index in [4.69, 9.17) is 4.74 Å². The first-order chi connectivity index (χ1) is 10.8. The molecule has 0 bridgehead atoms. The van der Waals surface area contributed by atoms with Crippen LogP contribution < -0.4 is 4.90 Å². The van der Waals surface area contributed by atoms with E-state index < -0.39 is 0 Å². The molecule has 0 aliphatic carbocycles. The highest BCUT2D eigenvalue weighted by molar-refractivity contribution is 5.38. The average molecular weight is 298 g/mol. The van der Waals surface area contributed by atoms with Crippen LogP contribution in [0.25, 0.3) is 0 Å². The second-order valence-corrected chi connectivity index (χ2v) is 5.76. The van der Waals surface area contributed by atoms with Gasteiger partial charge < -0.3 is 9.64 Å². The van der Waals surface area contributed by atoms with E-state index >= 15 is 0 Å². The highest BCUT2D eigenvalue weighted by atomic mass is 16.5. The zero-order valence-electron chi connectivity index (χ0n) is 13.2. The third-order valence-corrected chi connectivity index (χ3v) is 4.19. The van der Waals surface area contributed by atoms with E-state index in [0.717, 1.165) is 43.3 Å². The molecule has 5 heteroatoms. The van der Waals surface area contributed by atoms with Crippen molar-refractivity contribution in [1.82, 2.24) is 15.0 Å². The van der Waals surface area contributed by atoms with Gasteiger partial charge in [0.2, 0.25) is 0 Å². The Morgan fingerprint density at radius 2 is 2.00 bits per heavy atom. The number of nitrogens with zero attached hydrogens (tertiary/aromatic N) is 4. The Bertz CT molecular complexity index is 606. The first-order valence-electron chi connectivity index (χ1n) is 7.74. The molecule has 0 radical (unpaired) electrons. The molecule has 1 aliphatic rings. The van der Waals surface area contributed by atoms with Crippen LogP contribution in [-0.2, 0) is 11.3 Å². The molecule has 2 aromatic rings. The van der Waals surface area contributed by atoms with Gasteiger partial charge >= 0.3 is 0 Å². The Balaban J connectivity index is 1.64. The second-order valence-electron chi connectivity index (χ2n) is 5.76. The number of piperidine rings is 1. The van der Waals surface area contributed by atoms with Crippen molar-refractivity contribution >= 4 is 5.82 Å². The van der Waals surface area contributed by atoms with Crippen molar-refractivity contribution in [2.45, 2.75) is 32.3 Å². The monoisotopic (exact) mass is 298 g/mol. The molecule has 0 atom stereocenters. The smallest absolute Gasteiger partial charge is 0.156 e. The molecule has 1 saturated heterocycles. The summed E-state index contributed by atoms with van der Waals surface area (Å²) in [6.07, 6.45) is 6.10. The van der Waals surface area contributed by atoms with E-state index in [9.17, 15) is 0 Å². The lowest BCUT2D eigenvalue weighted by atomic mass is 9.90. The Morgan fingerprint density at radius 3 is 2.68 bits per heavy atom. The number of aromatic nitrogens is 3. The molecule has 0 saturated carbocycles. The average Bonchev–Trinajstić information content (AvgIpc) is 2.56. The van der Waals surface area contributed by atoms with E-state index in [1.54, 1.807) is 7.11 Å². The van der Waals surface area contributed by atoms with Crippen LogP contribution in [-0.4, -0.2) is 35.2 Å². The molecular formula is C17H22N4O. The maximum atomic E-state index is 5.10. The van der Waals surface area contributed by atoms with Crippen LogP contribution in [0.4, 0.5) is 5.82 Å². The fourth-order valence-corrected chi connectivity index (χ4v) is 2.93. The fourth-order valence-electron chi connectivity index (χ4n) is 2.93. The first-order valence-corrected chi connectivity index (χ1v) is 7.74. The second kappa shape index (κ2) is 6.83. The normalized spacial score (nSPS) is 16.0. The minimum absolute atomic E-state index is 0.458. The third-order valence-electron chi connectivity index (χ3n) is 4.19. The van der Waals surface area contributed by atoms with Gasteiger partial charge in [0.15, 0.2) is 5.82 Å². The van der Waals surface area contributed by atoms with Gasteiger partial charge in [0.1, 0.15) is 12.4 Å². The fraction of sp³-hybridized carbons (Fsp3) is 0.471. The van der Waals surface area contributed by atoms with Crippen molar-refractivity contribution in [2.75, 3.05) is 25.1 Å². The number of rotatable bonds is 4. The van der Waals surface area contributed by atoms with Crippen LogP contribution in [0.2, 0.25) is 0 Å². The van der Waals surface area contributed by atoms with Crippen LogP contribution in [0.15, 0.2) is 30.6 Å². The standard InChI is InChI=1S/C17H22N4O/c1-13-3-4-15(11-19-13)14-6-9-21(10-7-14)17-5-8-18-16(20-17)12-22-2/h3-5,8,11,14H,6-7,9-10,12H2,1-2H3. The molecule has 0 aromatic carbocycles. The molecule has 0 spiro atoms. The quantitative estimate of drug-likeness (QED) is 0.868. The molecule has 22 heavy (non-hydrogen) atoms. The molecule has 0 N–H and O–H groups in total. The summed E-state index contributed by atoms with van der Waals surface area (Å²) in [6.45, 7) is 4.52. The van der Waals surface area contributed by atoms with E-state index in [0.29, 0.717) is 12.5 Å². The number of ether oxygens (including phenoxy) is 1. The van der Waals surface area contributed by atoms with E-state index in [1.165, 1.54) is 5.56 Å². The first kappa shape index (κ1) is 14.9. The summed E-state index contributed by atoms with van der Waals surface area (Å²) in [5.74, 6) is 2.34. The summed E-state index contributed by atoms with van der Waals surface area (Å²) >= 11 is 0. The zero-order valence-corrected chi connectivity index (χ0v) is 13.2. The van der Waals surface area contributed by atoms with E-state index in [2.05, 4.69) is 32.0 Å². The molecule has 1 fully saturated rings. The van der Waals surface area contributed by atoms with Crippen LogP contribution in [0.1, 0.15) is 35.8 Å². The third kappa shape index (κ3) is 3.42. The van der Waals surface area contributed by atoms with Gasteiger partial charge in [0.05, 0.1) is 0 Å². The minimum Gasteiger partial charge on any atom is -0.377 e. The number of anilines is 1. The molecule has 3 rings (SSSR count). The van der Waals surface area contributed by atoms with Crippen molar-refractivity contribution in [3.8, 4) is 0 Å². The van der Waals surface area contributed by atoms with Crippen molar-refractivity contribution in [2.24, 2.45) is 0 Å². The predicted octanol–water partition coefficient (Wildman–Crippen LogP) is 2.71. The number of pyridine rings is 1. The summed E-state index contributed by atoms with van der Waals surface area (Å²) < 4.78 is 5.10. The number of hydrogen-bond donors (Lipinski definition) is 0. The molecule has 0 amide bonds. The Hall–Kier alpha value is -2.01. The van der Waals surface area contributed by atoms with Crippen molar-refractivity contribution in [3.63, 3.8) is 0 Å². The summed E-state index contributed by atoms with van der Waals surface area (Å²) in [5, 5.41) is 0. The lowest BCUT2D eigenvalue weighted by molar-refractivity contribution is 0.178. The van der Waals surface area contributed by atoms with Crippen LogP contribution in [0.3, 0.4) is 0 Å². The lowest BCUT2D eigenvalue weighted by Crippen LogP contribution is -2.33. The summed E-state index contributed by atoms with van der Waals surface area (Å²) in [5.41, 5.74) is 2.43. The molecule has 2 aromatic heterocycles. The number of hydrogen-bond acceptors (Lipinski definition) is 5. The van der Waals surface area contributed by atoms with Crippen molar-refractivity contribution in [1.29, 1.82) is 0 Å². The van der Waals surface area contributed by atoms with Crippen LogP contribution in [0, 0.1) is 6.92 Å². The Morgan fingerprint density at radius 1 is 1.18 bits per heavy atom. The molecular weight excluding hydrogens is 276 g/mol. The Labute approximate surface area is 131 Å². The largest absolute Gasteiger partial charge is 0.377 e. The zero-order chi connectivity index (χ0) is 15.4. The summed E-state index contributed by atoms with van der Waals surface area (Å²) in [4.78, 5) is 15.5. The van der Waals surface area contributed by atoms with Gasteiger partial charge in [-0.2, -0.15) is 0 Å². The summed E-state index contributed by atoms with van der Waals surface area (Å²) in [7, 11) is 1.66. The summed E-state index contributed by atoms with van der Waals surface area (Å²) in [6, 6.07) is 6.29. The maximum Gasteiger partial charge on any atom is 0.156 e. The lowest BCUT2D eigenvalue weighted by Gasteiger charge is -2.33. The minimum atomic E-state index is 0.458. The molecule has 116 valence electrons. The highest BCUT2D eigenvalue weighted by Crippen LogP contribution is 2.29. The van der Waals surface area contributed by atoms with Gasteiger partial charge in [-0.25, -0.2) is 9.97 Å².